The van der Waals surface area contributed by atoms with E-state index < -0.39 is 0 Å². The highest BCUT2D eigenvalue weighted by atomic mass is 35.5. The molecule has 0 radical (unpaired) electrons. The molecule has 1 heterocycles. The molecule has 96 valence electrons. The van der Waals surface area contributed by atoms with Gasteiger partial charge in [0.25, 0.3) is 0 Å². The maximum Gasteiger partial charge on any atom is 0.0795 e. The van der Waals surface area contributed by atoms with Crippen molar-refractivity contribution in [1.82, 2.24) is 10.3 Å². The van der Waals surface area contributed by atoms with Crippen molar-refractivity contribution in [2.24, 2.45) is 0 Å². The van der Waals surface area contributed by atoms with Gasteiger partial charge in [-0.3, -0.25) is 0 Å². The van der Waals surface area contributed by atoms with Gasteiger partial charge < -0.3 is 5.32 Å². The van der Waals surface area contributed by atoms with Gasteiger partial charge in [0, 0.05) is 10.4 Å². The minimum absolute atomic E-state index is 0.273. The summed E-state index contributed by atoms with van der Waals surface area (Å²) >= 11 is 7.66. The van der Waals surface area contributed by atoms with E-state index in [1.807, 2.05) is 23.7 Å². The van der Waals surface area contributed by atoms with Gasteiger partial charge in [0.1, 0.15) is 0 Å². The SMILES string of the molecule is CCCNC(Cc1cccc(Cl)c1)c1cscn1. The number of hydrogen-bond donors (Lipinski definition) is 1. The molecule has 1 unspecified atom stereocenters. The zero-order valence-electron chi connectivity index (χ0n) is 10.4. The average Bonchev–Trinajstić information content (AvgIpc) is 2.88. The highest BCUT2D eigenvalue weighted by Gasteiger charge is 2.13. The third kappa shape index (κ3) is 3.80. The van der Waals surface area contributed by atoms with Crippen molar-refractivity contribution in [1.29, 1.82) is 0 Å². The Balaban J connectivity index is 2.10. The van der Waals surface area contributed by atoms with Crippen LogP contribution in [0.1, 0.15) is 30.6 Å². The van der Waals surface area contributed by atoms with Crippen LogP contribution in [-0.2, 0) is 6.42 Å². The van der Waals surface area contributed by atoms with E-state index in [9.17, 15) is 0 Å². The van der Waals surface area contributed by atoms with Crippen LogP contribution in [0.5, 0.6) is 0 Å². The molecule has 2 rings (SSSR count). The van der Waals surface area contributed by atoms with E-state index in [2.05, 4.69) is 28.7 Å². The minimum atomic E-state index is 0.273. The summed E-state index contributed by atoms with van der Waals surface area (Å²) in [5, 5.41) is 6.44. The summed E-state index contributed by atoms with van der Waals surface area (Å²) in [5.41, 5.74) is 4.24. The zero-order chi connectivity index (χ0) is 12.8. The highest BCUT2D eigenvalue weighted by molar-refractivity contribution is 7.07. The summed E-state index contributed by atoms with van der Waals surface area (Å²) in [5.74, 6) is 0. The lowest BCUT2D eigenvalue weighted by molar-refractivity contribution is 0.520. The molecule has 1 atom stereocenters. The highest BCUT2D eigenvalue weighted by Crippen LogP contribution is 2.20. The molecule has 0 spiro atoms. The van der Waals surface area contributed by atoms with Crippen molar-refractivity contribution in [2.45, 2.75) is 25.8 Å². The lowest BCUT2D eigenvalue weighted by Gasteiger charge is -2.16. The minimum Gasteiger partial charge on any atom is -0.308 e. The Kier molecular flexibility index (Phi) is 5.17. The monoisotopic (exact) mass is 280 g/mol. The average molecular weight is 281 g/mol. The topological polar surface area (TPSA) is 24.9 Å². The van der Waals surface area contributed by atoms with Gasteiger partial charge in [-0.15, -0.1) is 11.3 Å². The molecular weight excluding hydrogens is 264 g/mol. The van der Waals surface area contributed by atoms with Gasteiger partial charge in [-0.25, -0.2) is 4.98 Å². The van der Waals surface area contributed by atoms with Crippen LogP contribution in [0.3, 0.4) is 0 Å². The first kappa shape index (κ1) is 13.5. The second kappa shape index (κ2) is 6.88. The Morgan fingerprint density at radius 2 is 2.33 bits per heavy atom. The van der Waals surface area contributed by atoms with E-state index in [4.69, 9.17) is 11.6 Å². The van der Waals surface area contributed by atoms with Crippen LogP contribution in [0, 0.1) is 0 Å². The first-order valence-corrected chi connectivity index (χ1v) is 7.47. The second-order valence-electron chi connectivity index (χ2n) is 4.25. The Hall–Kier alpha value is -0.900. The Morgan fingerprint density at radius 3 is 3.00 bits per heavy atom. The van der Waals surface area contributed by atoms with Crippen molar-refractivity contribution >= 4 is 22.9 Å². The van der Waals surface area contributed by atoms with Gasteiger partial charge in [0.15, 0.2) is 0 Å². The molecule has 0 aliphatic carbocycles. The lowest BCUT2D eigenvalue weighted by Crippen LogP contribution is -2.24. The second-order valence-corrected chi connectivity index (χ2v) is 5.41. The number of nitrogens with zero attached hydrogens (tertiary/aromatic N) is 1. The quantitative estimate of drug-likeness (QED) is 0.862. The zero-order valence-corrected chi connectivity index (χ0v) is 12.0. The summed E-state index contributed by atoms with van der Waals surface area (Å²) in [6, 6.07) is 8.31. The summed E-state index contributed by atoms with van der Waals surface area (Å²) in [7, 11) is 0. The number of thiazole rings is 1. The van der Waals surface area contributed by atoms with Crippen molar-refractivity contribution < 1.29 is 0 Å². The summed E-state index contributed by atoms with van der Waals surface area (Å²) < 4.78 is 0. The van der Waals surface area contributed by atoms with Crippen LogP contribution in [-0.4, -0.2) is 11.5 Å². The van der Waals surface area contributed by atoms with Crippen LogP contribution >= 0.6 is 22.9 Å². The van der Waals surface area contributed by atoms with Gasteiger partial charge in [-0.2, -0.15) is 0 Å². The van der Waals surface area contributed by atoms with Crippen LogP contribution in [0.2, 0.25) is 5.02 Å². The molecule has 1 aromatic heterocycles. The molecule has 4 heteroatoms. The fourth-order valence-corrected chi connectivity index (χ4v) is 2.71. The lowest BCUT2D eigenvalue weighted by atomic mass is 10.0. The van der Waals surface area contributed by atoms with Gasteiger partial charge in [-0.1, -0.05) is 30.7 Å². The molecule has 0 saturated carbocycles. The molecule has 18 heavy (non-hydrogen) atoms. The van der Waals surface area contributed by atoms with Crippen LogP contribution in [0.25, 0.3) is 0 Å². The predicted octanol–water partition coefficient (Wildman–Crippen LogP) is 4.08. The van der Waals surface area contributed by atoms with E-state index in [1.54, 1.807) is 11.3 Å². The van der Waals surface area contributed by atoms with Gasteiger partial charge in [-0.05, 0) is 37.1 Å². The largest absolute Gasteiger partial charge is 0.308 e. The van der Waals surface area contributed by atoms with E-state index in [1.165, 1.54) is 5.56 Å². The summed E-state index contributed by atoms with van der Waals surface area (Å²) in [6.07, 6.45) is 2.04. The number of rotatable bonds is 6. The molecule has 1 aromatic carbocycles. The molecule has 0 bridgehead atoms. The molecule has 0 saturated heterocycles. The van der Waals surface area contributed by atoms with E-state index in [0.717, 1.165) is 30.1 Å². The fourth-order valence-electron chi connectivity index (χ4n) is 1.89. The van der Waals surface area contributed by atoms with Crippen molar-refractivity contribution in [3.05, 3.63) is 51.4 Å². The number of halogens is 1. The summed E-state index contributed by atoms with van der Waals surface area (Å²) in [4.78, 5) is 4.41. The number of hydrogen-bond acceptors (Lipinski definition) is 3. The molecule has 0 aliphatic heterocycles. The Bertz CT molecular complexity index is 470. The van der Waals surface area contributed by atoms with Crippen LogP contribution < -0.4 is 5.32 Å². The van der Waals surface area contributed by atoms with E-state index >= 15 is 0 Å². The van der Waals surface area contributed by atoms with Gasteiger partial charge in [0.05, 0.1) is 17.2 Å². The molecule has 1 N–H and O–H groups in total. The van der Waals surface area contributed by atoms with Crippen molar-refractivity contribution in [2.75, 3.05) is 6.54 Å². The Morgan fingerprint density at radius 1 is 1.44 bits per heavy atom. The van der Waals surface area contributed by atoms with Gasteiger partial charge in [0.2, 0.25) is 0 Å². The number of nitrogens with one attached hydrogen (secondary N) is 1. The molecule has 0 aliphatic rings. The molecule has 2 nitrogen and oxygen atoms in total. The third-order valence-corrected chi connectivity index (χ3v) is 3.62. The Labute approximate surface area is 117 Å². The standard InChI is InChI=1S/C14H17ClN2S/c1-2-6-16-13(14-9-18-10-17-14)8-11-4-3-5-12(15)7-11/h3-5,7,9-10,13,16H,2,6,8H2,1H3. The van der Waals surface area contributed by atoms with Crippen molar-refractivity contribution in [3.8, 4) is 0 Å². The van der Waals surface area contributed by atoms with E-state index in [0.29, 0.717) is 0 Å². The maximum atomic E-state index is 6.02. The van der Waals surface area contributed by atoms with E-state index in [-0.39, 0.29) is 6.04 Å². The first-order valence-electron chi connectivity index (χ1n) is 6.15. The molecule has 0 amide bonds. The number of benzene rings is 1. The molecule has 0 fully saturated rings. The molecular formula is C14H17ClN2S. The number of aromatic nitrogens is 1. The van der Waals surface area contributed by atoms with Crippen molar-refractivity contribution in [3.63, 3.8) is 0 Å². The van der Waals surface area contributed by atoms with Gasteiger partial charge >= 0.3 is 0 Å². The third-order valence-electron chi connectivity index (χ3n) is 2.78. The summed E-state index contributed by atoms with van der Waals surface area (Å²) in [6.45, 7) is 3.17. The predicted molar refractivity (Wildman–Crippen MR) is 78.3 cm³/mol. The maximum absolute atomic E-state index is 6.02. The normalized spacial score (nSPS) is 12.6. The van der Waals surface area contributed by atoms with Crippen LogP contribution in [0.15, 0.2) is 35.2 Å². The molecule has 2 aromatic rings. The first-order chi connectivity index (χ1) is 8.79. The fraction of sp³-hybridized carbons (Fsp3) is 0.357. The van der Waals surface area contributed by atoms with Crippen LogP contribution in [0.4, 0.5) is 0 Å². The smallest absolute Gasteiger partial charge is 0.0795 e.